The number of pyridine rings is 2. The van der Waals surface area contributed by atoms with Crippen LogP contribution in [0.4, 0.5) is 5.82 Å². The standard InChI is InChI=1S/C11H10BrN3/c12-10-1-2-11(15-8-10)14-7-9-3-5-13-6-4-9/h1-6,8H,7H2,(H,14,15). The maximum atomic E-state index is 4.22. The molecule has 0 amide bonds. The van der Waals surface area contributed by atoms with Crippen LogP contribution in [0, 0.1) is 0 Å². The van der Waals surface area contributed by atoms with E-state index in [1.54, 1.807) is 18.6 Å². The molecule has 0 saturated heterocycles. The van der Waals surface area contributed by atoms with Gasteiger partial charge in [-0.3, -0.25) is 4.98 Å². The summed E-state index contributed by atoms with van der Waals surface area (Å²) in [6.45, 7) is 0.761. The van der Waals surface area contributed by atoms with Gasteiger partial charge in [-0.1, -0.05) is 0 Å². The Labute approximate surface area is 96.7 Å². The Balaban J connectivity index is 1.96. The van der Waals surface area contributed by atoms with Crippen LogP contribution in [0.5, 0.6) is 0 Å². The Kier molecular flexibility index (Phi) is 3.29. The van der Waals surface area contributed by atoms with Gasteiger partial charge in [-0.25, -0.2) is 4.98 Å². The summed E-state index contributed by atoms with van der Waals surface area (Å²) in [6.07, 6.45) is 5.34. The van der Waals surface area contributed by atoms with Gasteiger partial charge < -0.3 is 5.32 Å². The molecule has 1 N–H and O–H groups in total. The maximum Gasteiger partial charge on any atom is 0.126 e. The number of hydrogen-bond acceptors (Lipinski definition) is 3. The van der Waals surface area contributed by atoms with Gasteiger partial charge in [0.15, 0.2) is 0 Å². The van der Waals surface area contributed by atoms with Crippen LogP contribution in [0.3, 0.4) is 0 Å². The molecule has 2 aromatic heterocycles. The number of hydrogen-bond donors (Lipinski definition) is 1. The van der Waals surface area contributed by atoms with Crippen LogP contribution in [0.2, 0.25) is 0 Å². The van der Waals surface area contributed by atoms with Crippen molar-refractivity contribution in [3.63, 3.8) is 0 Å². The lowest BCUT2D eigenvalue weighted by atomic mass is 10.3. The highest BCUT2D eigenvalue weighted by Gasteiger charge is 1.94. The highest BCUT2D eigenvalue weighted by Crippen LogP contribution is 2.11. The lowest BCUT2D eigenvalue weighted by Gasteiger charge is -2.04. The first-order chi connectivity index (χ1) is 7.34. The predicted octanol–water partition coefficient (Wildman–Crippen LogP) is 2.85. The van der Waals surface area contributed by atoms with Crippen LogP contribution in [-0.2, 0) is 6.54 Å². The van der Waals surface area contributed by atoms with Crippen LogP contribution >= 0.6 is 15.9 Å². The fraction of sp³-hybridized carbons (Fsp3) is 0.0909. The zero-order valence-corrected chi connectivity index (χ0v) is 9.61. The Morgan fingerprint density at radius 2 is 1.93 bits per heavy atom. The van der Waals surface area contributed by atoms with Crippen molar-refractivity contribution in [3.05, 3.63) is 52.9 Å². The third kappa shape index (κ3) is 3.02. The van der Waals surface area contributed by atoms with E-state index in [0.29, 0.717) is 0 Å². The SMILES string of the molecule is Brc1ccc(NCc2ccncc2)nc1. The zero-order valence-electron chi connectivity index (χ0n) is 8.02. The lowest BCUT2D eigenvalue weighted by molar-refractivity contribution is 1.10. The topological polar surface area (TPSA) is 37.8 Å². The van der Waals surface area contributed by atoms with Crippen molar-refractivity contribution in [1.29, 1.82) is 0 Å². The van der Waals surface area contributed by atoms with E-state index < -0.39 is 0 Å². The van der Waals surface area contributed by atoms with Crippen LogP contribution in [0.1, 0.15) is 5.56 Å². The van der Waals surface area contributed by atoms with Gasteiger partial charge in [0.2, 0.25) is 0 Å². The number of nitrogens with zero attached hydrogens (tertiary/aromatic N) is 2. The van der Waals surface area contributed by atoms with E-state index in [0.717, 1.165) is 16.8 Å². The quantitative estimate of drug-likeness (QED) is 0.926. The van der Waals surface area contributed by atoms with Gasteiger partial charge in [-0.2, -0.15) is 0 Å². The molecule has 3 nitrogen and oxygen atoms in total. The molecule has 2 rings (SSSR count). The molecule has 0 unspecified atom stereocenters. The highest BCUT2D eigenvalue weighted by molar-refractivity contribution is 9.10. The van der Waals surface area contributed by atoms with Crippen LogP contribution in [-0.4, -0.2) is 9.97 Å². The third-order valence-corrected chi connectivity index (χ3v) is 2.42. The zero-order chi connectivity index (χ0) is 10.5. The summed E-state index contributed by atoms with van der Waals surface area (Å²) in [7, 11) is 0. The van der Waals surface area contributed by atoms with Gasteiger partial charge in [0.1, 0.15) is 5.82 Å². The van der Waals surface area contributed by atoms with Gasteiger partial charge in [0.25, 0.3) is 0 Å². The molecule has 0 atom stereocenters. The van der Waals surface area contributed by atoms with Gasteiger partial charge in [-0.15, -0.1) is 0 Å². The summed E-state index contributed by atoms with van der Waals surface area (Å²) in [4.78, 5) is 8.18. The molecule has 0 radical (unpaired) electrons. The monoisotopic (exact) mass is 263 g/mol. The van der Waals surface area contributed by atoms with E-state index in [-0.39, 0.29) is 0 Å². The van der Waals surface area contributed by atoms with Crippen molar-refractivity contribution >= 4 is 21.7 Å². The average molecular weight is 264 g/mol. The van der Waals surface area contributed by atoms with Crippen molar-refractivity contribution in [2.75, 3.05) is 5.32 Å². The molecule has 0 spiro atoms. The first-order valence-corrected chi connectivity index (χ1v) is 5.38. The summed E-state index contributed by atoms with van der Waals surface area (Å²) in [5, 5.41) is 3.23. The minimum Gasteiger partial charge on any atom is -0.366 e. The Morgan fingerprint density at radius 3 is 2.60 bits per heavy atom. The third-order valence-electron chi connectivity index (χ3n) is 1.95. The number of anilines is 1. The second-order valence-corrected chi connectivity index (χ2v) is 3.99. The highest BCUT2D eigenvalue weighted by atomic mass is 79.9. The van der Waals surface area contributed by atoms with E-state index in [2.05, 4.69) is 31.2 Å². The van der Waals surface area contributed by atoms with Gasteiger partial charge >= 0.3 is 0 Å². The van der Waals surface area contributed by atoms with Crippen LogP contribution < -0.4 is 5.32 Å². The average Bonchev–Trinajstić information content (AvgIpc) is 2.30. The normalized spacial score (nSPS) is 9.93. The summed E-state index contributed by atoms with van der Waals surface area (Å²) in [5.41, 5.74) is 1.19. The Bertz CT molecular complexity index is 414. The van der Waals surface area contributed by atoms with Crippen molar-refractivity contribution in [2.24, 2.45) is 0 Å². The van der Waals surface area contributed by atoms with E-state index in [4.69, 9.17) is 0 Å². The molecule has 2 heterocycles. The smallest absolute Gasteiger partial charge is 0.126 e. The van der Waals surface area contributed by atoms with E-state index in [1.807, 2.05) is 24.3 Å². The first-order valence-electron chi connectivity index (χ1n) is 4.59. The number of rotatable bonds is 3. The number of halogens is 1. The van der Waals surface area contributed by atoms with Gasteiger partial charge in [0.05, 0.1) is 0 Å². The second-order valence-electron chi connectivity index (χ2n) is 3.07. The molecule has 76 valence electrons. The molecule has 2 aromatic rings. The number of aromatic nitrogens is 2. The van der Waals surface area contributed by atoms with Crippen molar-refractivity contribution in [1.82, 2.24) is 9.97 Å². The Hall–Kier alpha value is -1.42. The summed E-state index contributed by atoms with van der Waals surface area (Å²) >= 11 is 3.34. The fourth-order valence-corrected chi connectivity index (χ4v) is 1.41. The summed E-state index contributed by atoms with van der Waals surface area (Å²) in [6, 6.07) is 7.85. The molecular weight excluding hydrogens is 254 g/mol. The van der Waals surface area contributed by atoms with E-state index in [9.17, 15) is 0 Å². The van der Waals surface area contributed by atoms with Crippen molar-refractivity contribution in [2.45, 2.75) is 6.54 Å². The maximum absolute atomic E-state index is 4.22. The molecule has 0 aliphatic rings. The van der Waals surface area contributed by atoms with Crippen molar-refractivity contribution in [3.8, 4) is 0 Å². The predicted molar refractivity (Wildman–Crippen MR) is 63.5 cm³/mol. The minimum absolute atomic E-state index is 0.761. The summed E-state index contributed by atoms with van der Waals surface area (Å²) in [5.74, 6) is 0.870. The molecule has 0 bridgehead atoms. The molecule has 0 aromatic carbocycles. The largest absolute Gasteiger partial charge is 0.366 e. The fourth-order valence-electron chi connectivity index (χ4n) is 1.17. The van der Waals surface area contributed by atoms with Gasteiger partial charge in [0, 0.05) is 29.6 Å². The molecule has 0 fully saturated rings. The first kappa shape index (κ1) is 10.1. The van der Waals surface area contributed by atoms with Crippen LogP contribution in [0.15, 0.2) is 47.3 Å². The molecule has 0 aliphatic heterocycles. The minimum atomic E-state index is 0.761. The number of nitrogens with one attached hydrogen (secondary N) is 1. The van der Waals surface area contributed by atoms with Crippen molar-refractivity contribution < 1.29 is 0 Å². The van der Waals surface area contributed by atoms with Crippen LogP contribution in [0.25, 0.3) is 0 Å². The molecule has 15 heavy (non-hydrogen) atoms. The Morgan fingerprint density at radius 1 is 1.13 bits per heavy atom. The molecule has 0 aliphatic carbocycles. The lowest BCUT2D eigenvalue weighted by Crippen LogP contribution is -2.00. The van der Waals surface area contributed by atoms with E-state index >= 15 is 0 Å². The van der Waals surface area contributed by atoms with Gasteiger partial charge in [-0.05, 0) is 45.8 Å². The summed E-state index contributed by atoms with van der Waals surface area (Å²) < 4.78 is 0.983. The molecule has 0 saturated carbocycles. The molecule has 4 heteroatoms. The van der Waals surface area contributed by atoms with E-state index in [1.165, 1.54) is 5.56 Å². The second kappa shape index (κ2) is 4.89. The molecular formula is C11H10BrN3.